The van der Waals surface area contributed by atoms with E-state index >= 15 is 0 Å². The molecule has 1 N–H and O–H groups in total. The van der Waals surface area contributed by atoms with Crippen molar-refractivity contribution in [2.45, 2.75) is 31.6 Å². The molecular formula is C15H16N2O4. The Morgan fingerprint density at radius 1 is 1.33 bits per heavy atom. The number of carbonyl (C=O) groups excluding carboxylic acids is 1. The fourth-order valence-electron chi connectivity index (χ4n) is 2.98. The summed E-state index contributed by atoms with van der Waals surface area (Å²) in [5.41, 5.74) is 0.934. The molecule has 0 aliphatic heterocycles. The van der Waals surface area contributed by atoms with Crippen LogP contribution in [0.1, 0.15) is 58.3 Å². The van der Waals surface area contributed by atoms with Gasteiger partial charge in [0.25, 0.3) is 0 Å². The average Bonchev–Trinajstić information content (AvgIpc) is 3.12. The maximum atomic E-state index is 11.7. The van der Waals surface area contributed by atoms with Crippen LogP contribution in [0.3, 0.4) is 0 Å². The van der Waals surface area contributed by atoms with Crippen LogP contribution in [-0.2, 0) is 4.74 Å². The van der Waals surface area contributed by atoms with E-state index in [1.54, 1.807) is 22.7 Å². The van der Waals surface area contributed by atoms with E-state index in [4.69, 9.17) is 4.74 Å². The Kier molecular flexibility index (Phi) is 3.37. The van der Waals surface area contributed by atoms with Crippen LogP contribution in [0.4, 0.5) is 0 Å². The van der Waals surface area contributed by atoms with Gasteiger partial charge in [-0.15, -0.1) is 0 Å². The van der Waals surface area contributed by atoms with E-state index in [1.807, 2.05) is 0 Å². The summed E-state index contributed by atoms with van der Waals surface area (Å²) in [6.45, 7) is 0. The number of carboxylic acids is 1. The third-order valence-corrected chi connectivity index (χ3v) is 4.01. The van der Waals surface area contributed by atoms with Gasteiger partial charge in [-0.05, 0) is 25.0 Å². The number of rotatable bonds is 3. The van der Waals surface area contributed by atoms with Crippen molar-refractivity contribution in [3.05, 3.63) is 35.4 Å². The highest BCUT2D eigenvalue weighted by Crippen LogP contribution is 2.34. The van der Waals surface area contributed by atoms with Crippen LogP contribution in [0.2, 0.25) is 0 Å². The first-order chi connectivity index (χ1) is 10.1. The van der Waals surface area contributed by atoms with Gasteiger partial charge in [-0.2, -0.15) is 0 Å². The van der Waals surface area contributed by atoms with E-state index in [9.17, 15) is 14.7 Å². The number of fused-ring (bicyclic) bond motifs is 1. The number of aromatic nitrogens is 2. The largest absolute Gasteiger partial charge is 0.476 e. The molecule has 1 aliphatic carbocycles. The molecule has 2 heterocycles. The van der Waals surface area contributed by atoms with Crippen molar-refractivity contribution in [2.24, 2.45) is 0 Å². The van der Waals surface area contributed by atoms with Gasteiger partial charge in [0.15, 0.2) is 5.69 Å². The molecule has 3 rings (SSSR count). The third-order valence-electron chi connectivity index (χ3n) is 4.01. The molecule has 1 fully saturated rings. The summed E-state index contributed by atoms with van der Waals surface area (Å²) in [6.07, 6.45) is 5.87. The molecule has 2 aromatic heterocycles. The fourth-order valence-corrected chi connectivity index (χ4v) is 2.98. The average molecular weight is 288 g/mol. The number of methoxy groups -OCH3 is 1. The van der Waals surface area contributed by atoms with Crippen molar-refractivity contribution in [1.82, 2.24) is 9.38 Å². The summed E-state index contributed by atoms with van der Waals surface area (Å²) >= 11 is 0. The van der Waals surface area contributed by atoms with Gasteiger partial charge in [-0.25, -0.2) is 14.6 Å². The molecule has 2 aromatic rings. The highest BCUT2D eigenvalue weighted by atomic mass is 16.5. The fraction of sp³-hybridized carbons (Fsp3) is 0.400. The van der Waals surface area contributed by atoms with E-state index in [-0.39, 0.29) is 11.6 Å². The second-order valence-electron chi connectivity index (χ2n) is 5.27. The van der Waals surface area contributed by atoms with Crippen LogP contribution in [-0.4, -0.2) is 33.5 Å². The van der Waals surface area contributed by atoms with E-state index in [0.717, 1.165) is 31.5 Å². The molecule has 110 valence electrons. The van der Waals surface area contributed by atoms with Crippen molar-refractivity contribution >= 4 is 17.5 Å². The van der Waals surface area contributed by atoms with Crippen LogP contribution in [0.5, 0.6) is 0 Å². The minimum absolute atomic E-state index is 0.0355. The van der Waals surface area contributed by atoms with Crippen LogP contribution in [0.25, 0.3) is 5.52 Å². The molecule has 0 aromatic carbocycles. The Bertz CT molecular complexity index is 714. The first-order valence-corrected chi connectivity index (χ1v) is 6.95. The number of pyridine rings is 1. The molecule has 1 saturated carbocycles. The number of carbonyl (C=O) groups is 2. The van der Waals surface area contributed by atoms with Gasteiger partial charge >= 0.3 is 11.9 Å². The quantitative estimate of drug-likeness (QED) is 0.877. The number of nitrogens with zero attached hydrogens (tertiary/aromatic N) is 2. The molecule has 0 unspecified atom stereocenters. The highest BCUT2D eigenvalue weighted by molar-refractivity contribution is 5.95. The zero-order valence-corrected chi connectivity index (χ0v) is 11.7. The number of esters is 1. The lowest BCUT2D eigenvalue weighted by Gasteiger charge is -2.08. The highest BCUT2D eigenvalue weighted by Gasteiger charge is 2.26. The maximum absolute atomic E-state index is 11.7. The lowest BCUT2D eigenvalue weighted by molar-refractivity contribution is 0.0599. The van der Waals surface area contributed by atoms with Crippen molar-refractivity contribution in [2.75, 3.05) is 7.11 Å². The zero-order chi connectivity index (χ0) is 15.0. The predicted molar refractivity (Wildman–Crippen MR) is 74.7 cm³/mol. The summed E-state index contributed by atoms with van der Waals surface area (Å²) in [4.78, 5) is 27.3. The predicted octanol–water partition coefficient (Wildman–Crippen LogP) is 2.48. The normalized spacial score (nSPS) is 15.5. The van der Waals surface area contributed by atoms with Crippen molar-refractivity contribution in [3.63, 3.8) is 0 Å². The SMILES string of the molecule is COC(=O)c1ccc2c(C(=O)O)nc(C3CCCC3)n2c1. The number of carboxylic acid groups (broad SMARTS) is 1. The standard InChI is InChI=1S/C15H16N2O4/c1-21-15(20)10-6-7-11-12(14(18)19)16-13(17(11)8-10)9-4-2-3-5-9/h6-9H,2-5H2,1H3,(H,18,19). The molecule has 1 aliphatic rings. The number of aromatic carboxylic acids is 1. The minimum Gasteiger partial charge on any atom is -0.476 e. The number of hydrogen-bond acceptors (Lipinski definition) is 4. The topological polar surface area (TPSA) is 80.9 Å². The van der Waals surface area contributed by atoms with E-state index in [1.165, 1.54) is 7.11 Å². The van der Waals surface area contributed by atoms with Crippen LogP contribution < -0.4 is 0 Å². The maximum Gasteiger partial charge on any atom is 0.356 e. The van der Waals surface area contributed by atoms with Crippen LogP contribution in [0, 0.1) is 0 Å². The lowest BCUT2D eigenvalue weighted by atomic mass is 10.1. The Morgan fingerprint density at radius 2 is 2.05 bits per heavy atom. The molecule has 0 radical (unpaired) electrons. The van der Waals surface area contributed by atoms with Gasteiger partial charge in [0.05, 0.1) is 18.2 Å². The molecule has 6 heteroatoms. The van der Waals surface area contributed by atoms with Gasteiger partial charge in [-0.3, -0.25) is 0 Å². The summed E-state index contributed by atoms with van der Waals surface area (Å²) in [7, 11) is 1.32. The summed E-state index contributed by atoms with van der Waals surface area (Å²) in [5, 5.41) is 9.30. The van der Waals surface area contributed by atoms with Gasteiger partial charge < -0.3 is 14.2 Å². The summed E-state index contributed by atoms with van der Waals surface area (Å²) in [6, 6.07) is 3.18. The van der Waals surface area contributed by atoms with Crippen molar-refractivity contribution in [3.8, 4) is 0 Å². The van der Waals surface area contributed by atoms with Crippen LogP contribution >= 0.6 is 0 Å². The van der Waals surface area contributed by atoms with Gasteiger partial charge in [-0.1, -0.05) is 12.8 Å². The lowest BCUT2D eigenvalue weighted by Crippen LogP contribution is -2.05. The second kappa shape index (κ2) is 5.20. The van der Waals surface area contributed by atoms with Gasteiger partial charge in [0, 0.05) is 12.1 Å². The van der Waals surface area contributed by atoms with Gasteiger partial charge in [0.2, 0.25) is 0 Å². The number of imidazole rings is 1. The minimum atomic E-state index is -1.05. The zero-order valence-electron chi connectivity index (χ0n) is 11.7. The van der Waals surface area contributed by atoms with Crippen molar-refractivity contribution < 1.29 is 19.4 Å². The first-order valence-electron chi connectivity index (χ1n) is 6.95. The van der Waals surface area contributed by atoms with E-state index < -0.39 is 11.9 Å². The Balaban J connectivity index is 2.19. The Morgan fingerprint density at radius 3 is 2.67 bits per heavy atom. The Labute approximate surface area is 121 Å². The molecule has 0 spiro atoms. The summed E-state index contributed by atoms with van der Waals surface area (Å²) in [5.74, 6) is -0.522. The molecule has 21 heavy (non-hydrogen) atoms. The molecule has 0 saturated heterocycles. The van der Waals surface area contributed by atoms with E-state index in [0.29, 0.717) is 11.1 Å². The smallest absolute Gasteiger partial charge is 0.356 e. The van der Waals surface area contributed by atoms with Crippen molar-refractivity contribution in [1.29, 1.82) is 0 Å². The molecule has 0 atom stereocenters. The monoisotopic (exact) mass is 288 g/mol. The summed E-state index contributed by atoms with van der Waals surface area (Å²) < 4.78 is 6.44. The molecular weight excluding hydrogens is 272 g/mol. The number of hydrogen-bond donors (Lipinski definition) is 1. The second-order valence-corrected chi connectivity index (χ2v) is 5.27. The van der Waals surface area contributed by atoms with Crippen LogP contribution in [0.15, 0.2) is 18.3 Å². The van der Waals surface area contributed by atoms with E-state index in [2.05, 4.69) is 4.98 Å². The number of ether oxygens (including phenoxy) is 1. The molecule has 6 nitrogen and oxygen atoms in total. The third kappa shape index (κ3) is 2.26. The van der Waals surface area contributed by atoms with Gasteiger partial charge in [0.1, 0.15) is 5.82 Å². The molecule has 0 amide bonds. The first kappa shape index (κ1) is 13.6. The molecule has 0 bridgehead atoms. The Hall–Kier alpha value is -2.37.